The molecule has 5 heteroatoms. The Labute approximate surface area is 110 Å². The molecule has 0 spiro atoms. The summed E-state index contributed by atoms with van der Waals surface area (Å²) in [6.45, 7) is 2.69. The van der Waals surface area contributed by atoms with Crippen molar-refractivity contribution in [3.8, 4) is 0 Å². The molecule has 0 saturated carbocycles. The van der Waals surface area contributed by atoms with E-state index >= 15 is 0 Å². The van der Waals surface area contributed by atoms with Gasteiger partial charge in [0, 0.05) is 12.6 Å². The average molecular weight is 268 g/mol. The summed E-state index contributed by atoms with van der Waals surface area (Å²) in [4.78, 5) is 8.05. The SMILES string of the molecule is Cc1ccc(CNc2nc(Cl)cc(Cl)n2)cc1. The van der Waals surface area contributed by atoms with Gasteiger partial charge in [-0.05, 0) is 12.5 Å². The lowest BCUT2D eigenvalue weighted by Gasteiger charge is -2.05. The number of hydrogen-bond donors (Lipinski definition) is 1. The maximum atomic E-state index is 5.78. The van der Waals surface area contributed by atoms with Crippen molar-refractivity contribution in [2.24, 2.45) is 0 Å². The number of halogens is 2. The molecular weight excluding hydrogens is 257 g/mol. The number of anilines is 1. The van der Waals surface area contributed by atoms with E-state index in [1.165, 1.54) is 11.6 Å². The molecule has 0 aliphatic rings. The van der Waals surface area contributed by atoms with Crippen LogP contribution in [0.3, 0.4) is 0 Å². The molecular formula is C12H11Cl2N3. The van der Waals surface area contributed by atoms with Gasteiger partial charge in [-0.1, -0.05) is 53.0 Å². The van der Waals surface area contributed by atoms with Crippen LogP contribution in [-0.4, -0.2) is 9.97 Å². The third kappa shape index (κ3) is 3.58. The molecule has 0 fully saturated rings. The molecule has 88 valence electrons. The summed E-state index contributed by atoms with van der Waals surface area (Å²) < 4.78 is 0. The Kier molecular flexibility index (Phi) is 3.82. The van der Waals surface area contributed by atoms with Crippen molar-refractivity contribution in [3.05, 3.63) is 51.8 Å². The molecule has 0 aliphatic heterocycles. The predicted molar refractivity (Wildman–Crippen MR) is 70.6 cm³/mol. The first-order valence-corrected chi connectivity index (χ1v) is 5.88. The molecule has 0 amide bonds. The van der Waals surface area contributed by atoms with Gasteiger partial charge >= 0.3 is 0 Å². The summed E-state index contributed by atoms with van der Waals surface area (Å²) in [5.41, 5.74) is 2.38. The van der Waals surface area contributed by atoms with Crippen molar-refractivity contribution in [2.45, 2.75) is 13.5 Å². The fourth-order valence-electron chi connectivity index (χ4n) is 1.36. The number of nitrogens with one attached hydrogen (secondary N) is 1. The van der Waals surface area contributed by atoms with Gasteiger partial charge in [-0.15, -0.1) is 0 Å². The van der Waals surface area contributed by atoms with E-state index in [2.05, 4.69) is 46.5 Å². The Bertz CT molecular complexity index is 491. The van der Waals surface area contributed by atoms with Gasteiger partial charge in [0.05, 0.1) is 0 Å². The summed E-state index contributed by atoms with van der Waals surface area (Å²) >= 11 is 11.6. The normalized spacial score (nSPS) is 10.3. The van der Waals surface area contributed by atoms with Crippen molar-refractivity contribution in [1.82, 2.24) is 9.97 Å². The minimum absolute atomic E-state index is 0.330. The van der Waals surface area contributed by atoms with Crippen molar-refractivity contribution in [1.29, 1.82) is 0 Å². The summed E-state index contributed by atoms with van der Waals surface area (Å²) in [6.07, 6.45) is 0. The van der Waals surface area contributed by atoms with Crippen LogP contribution in [0, 0.1) is 6.92 Å². The van der Waals surface area contributed by atoms with Crippen molar-refractivity contribution in [3.63, 3.8) is 0 Å². The standard InChI is InChI=1S/C12H11Cl2N3/c1-8-2-4-9(5-3-8)7-15-12-16-10(13)6-11(14)17-12/h2-6H,7H2,1H3,(H,15,16,17). The minimum atomic E-state index is 0.330. The Hall–Kier alpha value is -1.32. The Balaban J connectivity index is 2.04. The second kappa shape index (κ2) is 5.34. The summed E-state index contributed by atoms with van der Waals surface area (Å²) in [5, 5.41) is 3.73. The molecule has 0 bridgehead atoms. The zero-order valence-corrected chi connectivity index (χ0v) is 10.8. The number of aromatic nitrogens is 2. The number of rotatable bonds is 3. The van der Waals surface area contributed by atoms with Gasteiger partial charge < -0.3 is 5.32 Å². The fourth-order valence-corrected chi connectivity index (χ4v) is 1.78. The molecule has 1 aromatic heterocycles. The predicted octanol–water partition coefficient (Wildman–Crippen LogP) is 3.70. The van der Waals surface area contributed by atoms with Gasteiger partial charge in [-0.3, -0.25) is 0 Å². The Morgan fingerprint density at radius 3 is 2.24 bits per heavy atom. The third-order valence-corrected chi connectivity index (χ3v) is 2.62. The number of nitrogens with zero attached hydrogens (tertiary/aromatic N) is 2. The molecule has 1 aromatic carbocycles. The second-order valence-corrected chi connectivity index (χ2v) is 4.45. The molecule has 1 N–H and O–H groups in total. The fraction of sp³-hybridized carbons (Fsp3) is 0.167. The number of benzene rings is 1. The van der Waals surface area contributed by atoms with Gasteiger partial charge in [-0.25, -0.2) is 9.97 Å². The van der Waals surface area contributed by atoms with Gasteiger partial charge in [0.25, 0.3) is 0 Å². The first-order valence-electron chi connectivity index (χ1n) is 5.13. The highest BCUT2D eigenvalue weighted by molar-refractivity contribution is 6.33. The minimum Gasteiger partial charge on any atom is -0.350 e. The van der Waals surface area contributed by atoms with Crippen LogP contribution in [0.15, 0.2) is 30.3 Å². The molecule has 0 aliphatic carbocycles. The molecule has 0 unspecified atom stereocenters. The van der Waals surface area contributed by atoms with Crippen molar-refractivity contribution < 1.29 is 0 Å². The van der Waals surface area contributed by atoms with E-state index in [-0.39, 0.29) is 0 Å². The lowest BCUT2D eigenvalue weighted by molar-refractivity contribution is 1.05. The van der Waals surface area contributed by atoms with Gasteiger partial charge in [0.2, 0.25) is 5.95 Å². The second-order valence-electron chi connectivity index (χ2n) is 3.68. The number of aryl methyl sites for hydroxylation is 1. The number of hydrogen-bond acceptors (Lipinski definition) is 3. The largest absolute Gasteiger partial charge is 0.350 e. The molecule has 2 rings (SSSR count). The molecule has 17 heavy (non-hydrogen) atoms. The van der Waals surface area contributed by atoms with E-state index in [1.54, 1.807) is 0 Å². The van der Waals surface area contributed by atoms with Crippen LogP contribution in [0.1, 0.15) is 11.1 Å². The van der Waals surface area contributed by atoms with E-state index in [0.717, 1.165) is 5.56 Å². The van der Waals surface area contributed by atoms with Gasteiger partial charge in [0.15, 0.2) is 0 Å². The van der Waals surface area contributed by atoms with E-state index in [9.17, 15) is 0 Å². The lowest BCUT2D eigenvalue weighted by Crippen LogP contribution is -2.03. The quantitative estimate of drug-likeness (QED) is 0.862. The van der Waals surface area contributed by atoms with Crippen LogP contribution in [-0.2, 0) is 6.54 Å². The maximum absolute atomic E-state index is 5.78. The van der Waals surface area contributed by atoms with Crippen LogP contribution >= 0.6 is 23.2 Å². The molecule has 0 radical (unpaired) electrons. The molecule has 1 heterocycles. The first-order chi connectivity index (χ1) is 8.13. The lowest BCUT2D eigenvalue weighted by atomic mass is 10.1. The molecule has 3 nitrogen and oxygen atoms in total. The zero-order chi connectivity index (χ0) is 12.3. The van der Waals surface area contributed by atoms with Crippen molar-refractivity contribution >= 4 is 29.2 Å². The van der Waals surface area contributed by atoms with Crippen LogP contribution in [0.5, 0.6) is 0 Å². The van der Waals surface area contributed by atoms with E-state index in [1.807, 2.05) is 0 Å². The van der Waals surface area contributed by atoms with Crippen LogP contribution in [0.25, 0.3) is 0 Å². The maximum Gasteiger partial charge on any atom is 0.225 e. The summed E-state index contributed by atoms with van der Waals surface area (Å²) in [5.74, 6) is 0.433. The smallest absolute Gasteiger partial charge is 0.225 e. The highest BCUT2D eigenvalue weighted by atomic mass is 35.5. The van der Waals surface area contributed by atoms with Crippen LogP contribution < -0.4 is 5.32 Å². The van der Waals surface area contributed by atoms with Crippen LogP contribution in [0.2, 0.25) is 10.3 Å². The monoisotopic (exact) mass is 267 g/mol. The molecule has 0 atom stereocenters. The third-order valence-electron chi connectivity index (χ3n) is 2.23. The van der Waals surface area contributed by atoms with Gasteiger partial charge in [-0.2, -0.15) is 0 Å². The highest BCUT2D eigenvalue weighted by Gasteiger charge is 2.01. The molecule has 0 saturated heterocycles. The van der Waals surface area contributed by atoms with Crippen LogP contribution in [0.4, 0.5) is 5.95 Å². The first kappa shape index (κ1) is 12.1. The van der Waals surface area contributed by atoms with Gasteiger partial charge in [0.1, 0.15) is 10.3 Å². The zero-order valence-electron chi connectivity index (χ0n) is 9.24. The highest BCUT2D eigenvalue weighted by Crippen LogP contribution is 2.14. The van der Waals surface area contributed by atoms with E-state index < -0.39 is 0 Å². The topological polar surface area (TPSA) is 37.8 Å². The average Bonchev–Trinajstić information content (AvgIpc) is 2.27. The summed E-state index contributed by atoms with van der Waals surface area (Å²) in [7, 11) is 0. The molecule has 2 aromatic rings. The Morgan fingerprint density at radius 1 is 1.06 bits per heavy atom. The van der Waals surface area contributed by atoms with E-state index in [0.29, 0.717) is 22.8 Å². The summed E-state index contributed by atoms with van der Waals surface area (Å²) in [6, 6.07) is 9.72. The van der Waals surface area contributed by atoms with Crippen molar-refractivity contribution in [2.75, 3.05) is 5.32 Å². The van der Waals surface area contributed by atoms with E-state index in [4.69, 9.17) is 23.2 Å². The Morgan fingerprint density at radius 2 is 1.65 bits per heavy atom.